The summed E-state index contributed by atoms with van der Waals surface area (Å²) in [5, 5.41) is 22.7. The average molecular weight is 385 g/mol. The van der Waals surface area contributed by atoms with Crippen molar-refractivity contribution in [3.63, 3.8) is 0 Å². The van der Waals surface area contributed by atoms with Gasteiger partial charge in [-0.05, 0) is 18.4 Å². The molecule has 2 atom stereocenters. The second-order valence-electron chi connectivity index (χ2n) is 7.34. The maximum atomic E-state index is 12.2. The fourth-order valence-electron chi connectivity index (χ4n) is 3.96. The Morgan fingerprint density at radius 1 is 1.30 bits per heavy atom. The van der Waals surface area contributed by atoms with Crippen LogP contribution in [0.5, 0.6) is 0 Å². The van der Waals surface area contributed by atoms with E-state index in [2.05, 4.69) is 9.88 Å². The third kappa shape index (κ3) is 3.68. The van der Waals surface area contributed by atoms with E-state index in [9.17, 15) is 15.0 Å². The van der Waals surface area contributed by atoms with Crippen molar-refractivity contribution < 1.29 is 10.2 Å². The van der Waals surface area contributed by atoms with Gasteiger partial charge in [0.15, 0.2) is 4.96 Å². The van der Waals surface area contributed by atoms with Gasteiger partial charge in [0.05, 0.1) is 18.4 Å². The van der Waals surface area contributed by atoms with Crippen LogP contribution in [0.3, 0.4) is 0 Å². The van der Waals surface area contributed by atoms with Crippen LogP contribution in [0.2, 0.25) is 0 Å². The van der Waals surface area contributed by atoms with Gasteiger partial charge in [0.1, 0.15) is 0 Å². The van der Waals surface area contributed by atoms with Crippen LogP contribution in [-0.4, -0.2) is 50.3 Å². The lowest BCUT2D eigenvalue weighted by Crippen LogP contribution is -2.54. The van der Waals surface area contributed by atoms with Crippen LogP contribution in [0.4, 0.5) is 0 Å². The monoisotopic (exact) mass is 385 g/mol. The molecule has 0 aliphatic carbocycles. The number of benzene rings is 1. The van der Waals surface area contributed by atoms with Crippen molar-refractivity contribution in [3.05, 3.63) is 69.6 Å². The van der Waals surface area contributed by atoms with Crippen LogP contribution in [0.15, 0.2) is 52.8 Å². The SMILES string of the molecule is O=c1cc(CN2CC[C@H](O)[C@](CO)(Cc3ccccc3)C2)nc2sccn12. The zero-order valence-corrected chi connectivity index (χ0v) is 15.8. The lowest BCUT2D eigenvalue weighted by atomic mass is 9.73. The van der Waals surface area contributed by atoms with E-state index in [-0.39, 0.29) is 12.2 Å². The number of thiazole rings is 1. The van der Waals surface area contributed by atoms with E-state index in [0.717, 1.165) is 11.3 Å². The number of aromatic nitrogens is 2. The summed E-state index contributed by atoms with van der Waals surface area (Å²) >= 11 is 1.44. The molecule has 2 aromatic heterocycles. The first-order chi connectivity index (χ1) is 13.1. The van der Waals surface area contributed by atoms with Gasteiger partial charge in [-0.25, -0.2) is 4.98 Å². The van der Waals surface area contributed by atoms with Crippen LogP contribution in [0.1, 0.15) is 17.7 Å². The number of hydrogen-bond acceptors (Lipinski definition) is 6. The molecule has 3 heterocycles. The molecule has 6 nitrogen and oxygen atoms in total. The van der Waals surface area contributed by atoms with Crippen molar-refractivity contribution >= 4 is 16.3 Å². The van der Waals surface area contributed by atoms with E-state index >= 15 is 0 Å². The molecular formula is C20H23N3O3S. The van der Waals surface area contributed by atoms with E-state index in [1.54, 1.807) is 16.7 Å². The molecule has 4 rings (SSSR count). The number of aliphatic hydroxyl groups excluding tert-OH is 2. The lowest BCUT2D eigenvalue weighted by molar-refractivity contribution is -0.0770. The second-order valence-corrected chi connectivity index (χ2v) is 8.21. The van der Waals surface area contributed by atoms with Gasteiger partial charge in [0.25, 0.3) is 5.56 Å². The highest BCUT2D eigenvalue weighted by atomic mass is 32.1. The number of hydrogen-bond donors (Lipinski definition) is 2. The molecule has 27 heavy (non-hydrogen) atoms. The van der Waals surface area contributed by atoms with Crippen molar-refractivity contribution in [2.75, 3.05) is 19.7 Å². The third-order valence-corrected chi connectivity index (χ3v) is 6.18. The molecule has 1 aliphatic rings. The minimum Gasteiger partial charge on any atom is -0.396 e. The van der Waals surface area contributed by atoms with E-state index in [0.29, 0.717) is 37.4 Å². The highest BCUT2D eigenvalue weighted by molar-refractivity contribution is 7.15. The fourth-order valence-corrected chi connectivity index (χ4v) is 4.70. The molecule has 3 aromatic rings. The summed E-state index contributed by atoms with van der Waals surface area (Å²) in [6, 6.07) is 11.5. The summed E-state index contributed by atoms with van der Waals surface area (Å²) in [4.78, 5) is 19.7. The topological polar surface area (TPSA) is 78.1 Å². The first kappa shape index (κ1) is 18.3. The Balaban J connectivity index is 1.56. The molecule has 1 aliphatic heterocycles. The predicted octanol–water partition coefficient (Wildman–Crippen LogP) is 1.54. The Bertz CT molecular complexity index is 971. The van der Waals surface area contributed by atoms with Crippen molar-refractivity contribution in [2.24, 2.45) is 5.41 Å². The van der Waals surface area contributed by atoms with Crippen LogP contribution in [0, 0.1) is 5.41 Å². The molecule has 0 radical (unpaired) electrons. The van der Waals surface area contributed by atoms with E-state index in [1.165, 1.54) is 11.3 Å². The van der Waals surface area contributed by atoms with E-state index in [1.807, 2.05) is 35.7 Å². The summed E-state index contributed by atoms with van der Waals surface area (Å²) in [6.07, 6.45) is 2.38. The normalized spacial score (nSPS) is 23.7. The number of piperidine rings is 1. The Hall–Kier alpha value is -2.06. The molecule has 0 spiro atoms. The van der Waals surface area contributed by atoms with E-state index < -0.39 is 11.5 Å². The van der Waals surface area contributed by atoms with Gasteiger partial charge in [-0.2, -0.15) is 0 Å². The molecule has 0 amide bonds. The second kappa shape index (κ2) is 7.52. The number of fused-ring (bicyclic) bond motifs is 1. The quantitative estimate of drug-likeness (QED) is 0.697. The standard InChI is InChI=1S/C20H23N3O3S/c24-14-20(11-15-4-2-1-3-5-15)13-22(7-6-17(20)25)12-16-10-18(26)23-8-9-27-19(23)21-16/h1-5,8-10,17,24-25H,6-7,11-14H2/t17-,20+/m0/s1. The van der Waals surface area contributed by atoms with Crippen molar-refractivity contribution in [1.29, 1.82) is 0 Å². The number of aliphatic hydroxyl groups is 2. The minimum atomic E-state index is -0.609. The molecule has 0 unspecified atom stereocenters. The lowest BCUT2D eigenvalue weighted by Gasteiger charge is -2.45. The number of nitrogens with zero attached hydrogens (tertiary/aromatic N) is 3. The van der Waals surface area contributed by atoms with Gasteiger partial charge in [-0.1, -0.05) is 30.3 Å². The highest BCUT2D eigenvalue weighted by Gasteiger charge is 2.42. The average Bonchev–Trinajstić information content (AvgIpc) is 3.14. The summed E-state index contributed by atoms with van der Waals surface area (Å²) in [7, 11) is 0. The van der Waals surface area contributed by atoms with E-state index in [4.69, 9.17) is 0 Å². The predicted molar refractivity (Wildman–Crippen MR) is 105 cm³/mol. The Labute approximate surface area is 161 Å². The first-order valence-electron chi connectivity index (χ1n) is 9.11. The Morgan fingerprint density at radius 3 is 2.89 bits per heavy atom. The molecular weight excluding hydrogens is 362 g/mol. The zero-order valence-electron chi connectivity index (χ0n) is 15.0. The van der Waals surface area contributed by atoms with Crippen molar-refractivity contribution in [2.45, 2.75) is 25.5 Å². The van der Waals surface area contributed by atoms with Crippen molar-refractivity contribution in [3.8, 4) is 0 Å². The summed E-state index contributed by atoms with van der Waals surface area (Å²) in [6.45, 7) is 1.72. The highest BCUT2D eigenvalue weighted by Crippen LogP contribution is 2.34. The number of likely N-dealkylation sites (tertiary alicyclic amines) is 1. The van der Waals surface area contributed by atoms with Gasteiger partial charge in [0, 0.05) is 42.7 Å². The molecule has 1 aromatic carbocycles. The molecule has 0 bridgehead atoms. The molecule has 142 valence electrons. The smallest absolute Gasteiger partial charge is 0.258 e. The van der Waals surface area contributed by atoms with Gasteiger partial charge in [-0.15, -0.1) is 11.3 Å². The first-order valence-corrected chi connectivity index (χ1v) is 9.99. The molecule has 2 N–H and O–H groups in total. The zero-order chi connectivity index (χ0) is 18.9. The maximum Gasteiger partial charge on any atom is 0.258 e. The van der Waals surface area contributed by atoms with Gasteiger partial charge in [-0.3, -0.25) is 14.1 Å². The summed E-state index contributed by atoms with van der Waals surface area (Å²) in [5.74, 6) is 0. The van der Waals surface area contributed by atoms with Crippen molar-refractivity contribution in [1.82, 2.24) is 14.3 Å². The molecule has 7 heteroatoms. The fraction of sp³-hybridized carbons (Fsp3) is 0.400. The minimum absolute atomic E-state index is 0.0778. The number of rotatable bonds is 5. The van der Waals surface area contributed by atoms with Crippen LogP contribution < -0.4 is 5.56 Å². The molecule has 1 saturated heterocycles. The van der Waals surface area contributed by atoms with Crippen LogP contribution in [0.25, 0.3) is 4.96 Å². The molecule has 1 fully saturated rings. The van der Waals surface area contributed by atoms with Gasteiger partial charge in [0.2, 0.25) is 0 Å². The van der Waals surface area contributed by atoms with Gasteiger partial charge < -0.3 is 10.2 Å². The molecule has 0 saturated carbocycles. The largest absolute Gasteiger partial charge is 0.396 e. The maximum absolute atomic E-state index is 12.2. The Kier molecular flexibility index (Phi) is 5.10. The van der Waals surface area contributed by atoms with Gasteiger partial charge >= 0.3 is 0 Å². The van der Waals surface area contributed by atoms with Crippen LogP contribution in [-0.2, 0) is 13.0 Å². The summed E-state index contributed by atoms with van der Waals surface area (Å²) in [5.41, 5.74) is 1.14. The Morgan fingerprint density at radius 2 is 2.11 bits per heavy atom. The summed E-state index contributed by atoms with van der Waals surface area (Å²) < 4.78 is 1.54. The van der Waals surface area contributed by atoms with Crippen LogP contribution >= 0.6 is 11.3 Å². The third-order valence-electron chi connectivity index (χ3n) is 5.42.